The van der Waals surface area contributed by atoms with Crippen LogP contribution in [0.2, 0.25) is 0 Å². The van der Waals surface area contributed by atoms with Crippen LogP contribution in [-0.4, -0.2) is 36.0 Å². The molecule has 0 radical (unpaired) electrons. The van der Waals surface area contributed by atoms with E-state index in [1.165, 1.54) is 5.56 Å². The van der Waals surface area contributed by atoms with Gasteiger partial charge in [-0.3, -0.25) is 4.79 Å². The lowest BCUT2D eigenvalue weighted by Gasteiger charge is -2.32. The standard InChI is InChI=1S/C18H28N2O2/c1-13(19-15-8-11-17(21)20(5)12-15)14-6-9-16(10-7-14)22-18(2,3)4/h6-7,9-10,13,15,19H,8,11-12H2,1-5H3/t13-,15+/m1/s1. The number of carbonyl (C=O) groups is 1. The van der Waals surface area contributed by atoms with Crippen molar-refractivity contribution in [2.45, 2.75) is 58.2 Å². The Morgan fingerprint density at radius 3 is 2.45 bits per heavy atom. The summed E-state index contributed by atoms with van der Waals surface area (Å²) in [4.78, 5) is 13.3. The largest absolute Gasteiger partial charge is 0.488 e. The van der Waals surface area contributed by atoms with E-state index >= 15 is 0 Å². The van der Waals surface area contributed by atoms with E-state index in [1.807, 2.05) is 44.9 Å². The maximum absolute atomic E-state index is 11.5. The number of ether oxygens (including phenoxy) is 1. The third kappa shape index (κ3) is 4.73. The third-order valence-corrected chi connectivity index (χ3v) is 3.92. The molecule has 22 heavy (non-hydrogen) atoms. The molecule has 1 fully saturated rings. The fourth-order valence-corrected chi connectivity index (χ4v) is 2.78. The number of likely N-dealkylation sites (tertiary alicyclic amines) is 1. The number of hydrogen-bond acceptors (Lipinski definition) is 3. The molecule has 1 N–H and O–H groups in total. The lowest BCUT2D eigenvalue weighted by atomic mass is 10.0. The number of piperidine rings is 1. The minimum atomic E-state index is -0.176. The Balaban J connectivity index is 1.92. The molecule has 0 saturated carbocycles. The molecule has 0 spiro atoms. The molecule has 2 atom stereocenters. The Hall–Kier alpha value is -1.55. The Kier molecular flexibility index (Phi) is 5.12. The monoisotopic (exact) mass is 304 g/mol. The zero-order valence-corrected chi connectivity index (χ0v) is 14.3. The van der Waals surface area contributed by atoms with Crippen LogP contribution < -0.4 is 10.1 Å². The average Bonchev–Trinajstić information content (AvgIpc) is 2.42. The first-order valence-corrected chi connectivity index (χ1v) is 8.03. The molecule has 122 valence electrons. The van der Waals surface area contributed by atoms with Crippen LogP contribution in [0.1, 0.15) is 52.1 Å². The predicted octanol–water partition coefficient (Wildman–Crippen LogP) is 3.14. The summed E-state index contributed by atoms with van der Waals surface area (Å²) in [5.41, 5.74) is 1.06. The number of nitrogens with one attached hydrogen (secondary N) is 1. The first-order valence-electron chi connectivity index (χ1n) is 8.03. The average molecular weight is 304 g/mol. The number of likely N-dealkylation sites (N-methyl/N-ethyl adjacent to an activating group) is 1. The van der Waals surface area contributed by atoms with Gasteiger partial charge in [-0.1, -0.05) is 12.1 Å². The smallest absolute Gasteiger partial charge is 0.222 e. The van der Waals surface area contributed by atoms with Gasteiger partial charge in [-0.05, 0) is 51.8 Å². The molecular formula is C18H28N2O2. The second-order valence-corrected chi connectivity index (χ2v) is 7.18. The highest BCUT2D eigenvalue weighted by molar-refractivity contribution is 5.76. The molecule has 0 aromatic heterocycles. The van der Waals surface area contributed by atoms with Gasteiger partial charge in [0, 0.05) is 32.1 Å². The summed E-state index contributed by atoms with van der Waals surface area (Å²) in [5.74, 6) is 1.14. The molecule has 4 nitrogen and oxygen atoms in total. The topological polar surface area (TPSA) is 41.6 Å². The maximum atomic E-state index is 11.5. The normalized spacial score (nSPS) is 20.9. The number of rotatable bonds is 4. The molecule has 0 bridgehead atoms. The highest BCUT2D eigenvalue weighted by atomic mass is 16.5. The number of nitrogens with zero attached hydrogens (tertiary/aromatic N) is 1. The lowest BCUT2D eigenvalue weighted by molar-refractivity contribution is -0.132. The van der Waals surface area contributed by atoms with Crippen molar-refractivity contribution in [3.63, 3.8) is 0 Å². The molecule has 1 aliphatic rings. The van der Waals surface area contributed by atoms with E-state index < -0.39 is 0 Å². The minimum absolute atomic E-state index is 0.176. The van der Waals surface area contributed by atoms with E-state index in [0.717, 1.165) is 18.7 Å². The van der Waals surface area contributed by atoms with Crippen LogP contribution in [0.4, 0.5) is 0 Å². The van der Waals surface area contributed by atoms with E-state index in [9.17, 15) is 4.79 Å². The van der Waals surface area contributed by atoms with Gasteiger partial charge in [0.1, 0.15) is 11.4 Å². The predicted molar refractivity (Wildman–Crippen MR) is 89.0 cm³/mol. The van der Waals surface area contributed by atoms with Gasteiger partial charge >= 0.3 is 0 Å². The van der Waals surface area contributed by atoms with Crippen molar-refractivity contribution in [3.8, 4) is 5.75 Å². The molecule has 1 amide bonds. The summed E-state index contributed by atoms with van der Waals surface area (Å²) in [6, 6.07) is 8.88. The summed E-state index contributed by atoms with van der Waals surface area (Å²) in [6.07, 6.45) is 1.55. The van der Waals surface area contributed by atoms with Crippen LogP contribution in [0.3, 0.4) is 0 Å². The summed E-state index contributed by atoms with van der Waals surface area (Å²) >= 11 is 0. The first kappa shape index (κ1) is 16.8. The van der Waals surface area contributed by atoms with Gasteiger partial charge in [0.05, 0.1) is 0 Å². The second-order valence-electron chi connectivity index (χ2n) is 7.18. The van der Waals surface area contributed by atoms with E-state index in [-0.39, 0.29) is 17.6 Å². The highest BCUT2D eigenvalue weighted by Crippen LogP contribution is 2.22. The Morgan fingerprint density at radius 2 is 1.91 bits per heavy atom. The Bertz CT molecular complexity index is 505. The summed E-state index contributed by atoms with van der Waals surface area (Å²) in [7, 11) is 1.87. The van der Waals surface area contributed by atoms with Crippen LogP contribution in [0.5, 0.6) is 5.75 Å². The third-order valence-electron chi connectivity index (χ3n) is 3.92. The van der Waals surface area contributed by atoms with E-state index in [0.29, 0.717) is 12.5 Å². The zero-order chi connectivity index (χ0) is 16.3. The van der Waals surface area contributed by atoms with Gasteiger partial charge in [-0.2, -0.15) is 0 Å². The summed E-state index contributed by atoms with van der Waals surface area (Å²) < 4.78 is 5.85. The quantitative estimate of drug-likeness (QED) is 0.929. The zero-order valence-electron chi connectivity index (χ0n) is 14.3. The van der Waals surface area contributed by atoms with Crippen molar-refractivity contribution in [2.75, 3.05) is 13.6 Å². The molecule has 1 aromatic rings. The molecule has 0 aliphatic carbocycles. The van der Waals surface area contributed by atoms with Crippen molar-refractivity contribution < 1.29 is 9.53 Å². The SMILES string of the molecule is C[C@@H](N[C@H]1CCC(=O)N(C)C1)c1ccc(OC(C)(C)C)cc1. The maximum Gasteiger partial charge on any atom is 0.222 e. The number of benzene rings is 1. The van der Waals surface area contributed by atoms with E-state index in [1.54, 1.807) is 0 Å². The van der Waals surface area contributed by atoms with Crippen molar-refractivity contribution in [2.24, 2.45) is 0 Å². The number of carbonyl (C=O) groups excluding carboxylic acids is 1. The molecule has 1 saturated heterocycles. The van der Waals surface area contributed by atoms with E-state index in [2.05, 4.69) is 24.4 Å². The van der Waals surface area contributed by atoms with Crippen LogP contribution in [0.15, 0.2) is 24.3 Å². The van der Waals surface area contributed by atoms with Crippen molar-refractivity contribution in [1.82, 2.24) is 10.2 Å². The van der Waals surface area contributed by atoms with Gasteiger partial charge in [-0.15, -0.1) is 0 Å². The molecule has 4 heteroatoms. The Morgan fingerprint density at radius 1 is 1.27 bits per heavy atom. The first-order chi connectivity index (χ1) is 10.2. The molecule has 1 aromatic carbocycles. The summed E-state index contributed by atoms with van der Waals surface area (Å²) in [5, 5.41) is 3.62. The van der Waals surface area contributed by atoms with Gasteiger partial charge in [0.25, 0.3) is 0 Å². The fourth-order valence-electron chi connectivity index (χ4n) is 2.78. The van der Waals surface area contributed by atoms with Crippen molar-refractivity contribution in [1.29, 1.82) is 0 Å². The van der Waals surface area contributed by atoms with Crippen LogP contribution in [-0.2, 0) is 4.79 Å². The minimum Gasteiger partial charge on any atom is -0.488 e. The van der Waals surface area contributed by atoms with Crippen LogP contribution in [0, 0.1) is 0 Å². The van der Waals surface area contributed by atoms with Gasteiger partial charge in [-0.25, -0.2) is 0 Å². The fraction of sp³-hybridized carbons (Fsp3) is 0.611. The second kappa shape index (κ2) is 6.69. The number of amides is 1. The van der Waals surface area contributed by atoms with Gasteiger partial charge in [0.15, 0.2) is 0 Å². The van der Waals surface area contributed by atoms with Gasteiger partial charge < -0.3 is 15.0 Å². The molecular weight excluding hydrogens is 276 g/mol. The molecule has 2 rings (SSSR count). The van der Waals surface area contributed by atoms with Crippen molar-refractivity contribution >= 4 is 5.91 Å². The van der Waals surface area contributed by atoms with Crippen molar-refractivity contribution in [3.05, 3.63) is 29.8 Å². The Labute approximate surface area is 133 Å². The van der Waals surface area contributed by atoms with Crippen LogP contribution >= 0.6 is 0 Å². The summed E-state index contributed by atoms with van der Waals surface area (Å²) in [6.45, 7) is 9.09. The molecule has 1 aliphatic heterocycles. The van der Waals surface area contributed by atoms with Crippen LogP contribution in [0.25, 0.3) is 0 Å². The number of hydrogen-bond donors (Lipinski definition) is 1. The highest BCUT2D eigenvalue weighted by Gasteiger charge is 2.24. The lowest BCUT2D eigenvalue weighted by Crippen LogP contribution is -2.47. The van der Waals surface area contributed by atoms with E-state index in [4.69, 9.17) is 4.74 Å². The molecule has 0 unspecified atom stereocenters. The molecule has 1 heterocycles. The van der Waals surface area contributed by atoms with Gasteiger partial charge in [0.2, 0.25) is 5.91 Å².